The van der Waals surface area contributed by atoms with Gasteiger partial charge in [-0.25, -0.2) is 4.99 Å². The van der Waals surface area contributed by atoms with Crippen molar-refractivity contribution in [1.82, 2.24) is 9.80 Å². The summed E-state index contributed by atoms with van der Waals surface area (Å²) >= 11 is 0. The Morgan fingerprint density at radius 1 is 1.21 bits per heavy atom. The van der Waals surface area contributed by atoms with Crippen LogP contribution in [0.25, 0.3) is 0 Å². The number of nitrogens with two attached hydrogens (primary N) is 1. The predicted molar refractivity (Wildman–Crippen MR) is 137 cm³/mol. The lowest BCUT2D eigenvalue weighted by molar-refractivity contribution is -0.138. The SMILES string of the molecule is CC(C)CC[C@]1(c2ccccc2)N=C(N)N(Cc2ccc(C(F)(F)F)c(C(=O)N3CCOC[C@@H]3C)c2)C1=O. The van der Waals surface area contributed by atoms with E-state index in [0.29, 0.717) is 23.5 Å². The minimum absolute atomic E-state index is 0.00261. The van der Waals surface area contributed by atoms with E-state index in [-0.39, 0.29) is 44.2 Å². The van der Waals surface area contributed by atoms with Crippen LogP contribution in [0.4, 0.5) is 13.2 Å². The van der Waals surface area contributed by atoms with Gasteiger partial charge in [-0.2, -0.15) is 13.2 Å². The molecule has 0 unspecified atom stereocenters. The highest BCUT2D eigenvalue weighted by atomic mass is 19.4. The normalized spacial score (nSPS) is 22.2. The molecular weight excluding hydrogens is 497 g/mol. The van der Waals surface area contributed by atoms with E-state index in [0.717, 1.165) is 12.5 Å². The topological polar surface area (TPSA) is 88.2 Å². The minimum atomic E-state index is -4.72. The maximum Gasteiger partial charge on any atom is 0.417 e. The summed E-state index contributed by atoms with van der Waals surface area (Å²) in [4.78, 5) is 34.4. The van der Waals surface area contributed by atoms with Crippen LogP contribution in [0, 0.1) is 5.92 Å². The fraction of sp³-hybridized carbons (Fsp3) is 0.464. The van der Waals surface area contributed by atoms with E-state index in [1.165, 1.54) is 21.9 Å². The number of guanidine groups is 1. The van der Waals surface area contributed by atoms with Gasteiger partial charge < -0.3 is 15.4 Å². The van der Waals surface area contributed by atoms with Gasteiger partial charge in [-0.15, -0.1) is 0 Å². The number of morpholine rings is 1. The van der Waals surface area contributed by atoms with E-state index in [1.807, 2.05) is 30.3 Å². The van der Waals surface area contributed by atoms with Gasteiger partial charge in [-0.1, -0.05) is 50.2 Å². The standard InChI is InChI=1S/C28H33F3N4O3/c1-18(2)11-12-27(21-7-5-4-6-8-21)25(37)35(26(32)33-27)16-20-9-10-23(28(29,30)31)22(15-20)24(36)34-13-14-38-17-19(34)3/h4-10,15,18-19H,11-14,16-17H2,1-3H3,(H2,32,33)/t19-,27+/m0/s1. The minimum Gasteiger partial charge on any atom is -0.377 e. The van der Waals surface area contributed by atoms with E-state index in [9.17, 15) is 22.8 Å². The van der Waals surface area contributed by atoms with E-state index >= 15 is 0 Å². The van der Waals surface area contributed by atoms with Gasteiger partial charge in [-0.05, 0) is 48.9 Å². The Balaban J connectivity index is 1.68. The fourth-order valence-electron chi connectivity index (χ4n) is 4.97. The number of hydrogen-bond donors (Lipinski definition) is 1. The molecule has 2 aromatic carbocycles. The van der Waals surface area contributed by atoms with Gasteiger partial charge in [0.25, 0.3) is 11.8 Å². The summed E-state index contributed by atoms with van der Waals surface area (Å²) < 4.78 is 47.0. The van der Waals surface area contributed by atoms with E-state index in [1.54, 1.807) is 6.92 Å². The third kappa shape index (κ3) is 5.41. The molecule has 7 nitrogen and oxygen atoms in total. The Morgan fingerprint density at radius 3 is 2.55 bits per heavy atom. The van der Waals surface area contributed by atoms with E-state index in [2.05, 4.69) is 18.8 Å². The molecule has 0 aliphatic carbocycles. The Kier molecular flexibility index (Phi) is 7.83. The summed E-state index contributed by atoms with van der Waals surface area (Å²) in [6, 6.07) is 12.2. The van der Waals surface area contributed by atoms with Crippen LogP contribution >= 0.6 is 0 Å². The third-order valence-corrected chi connectivity index (χ3v) is 7.10. The average Bonchev–Trinajstić information content (AvgIpc) is 3.12. The summed E-state index contributed by atoms with van der Waals surface area (Å²) in [7, 11) is 0. The number of aliphatic imine (C=N–C) groups is 1. The van der Waals surface area contributed by atoms with E-state index < -0.39 is 28.7 Å². The molecule has 2 heterocycles. The third-order valence-electron chi connectivity index (χ3n) is 7.10. The molecule has 2 aromatic rings. The number of amides is 2. The summed E-state index contributed by atoms with van der Waals surface area (Å²) in [5.74, 6) is -0.742. The molecule has 2 N–H and O–H groups in total. The number of carbonyl (C=O) groups excluding carboxylic acids is 2. The summed E-state index contributed by atoms with van der Waals surface area (Å²) in [5, 5.41) is 0. The second kappa shape index (κ2) is 10.8. The van der Waals surface area contributed by atoms with Crippen LogP contribution in [0.3, 0.4) is 0 Å². The fourth-order valence-corrected chi connectivity index (χ4v) is 4.97. The largest absolute Gasteiger partial charge is 0.417 e. The van der Waals surface area contributed by atoms with Crippen LogP contribution in [0.2, 0.25) is 0 Å². The molecule has 2 aliphatic rings. The first-order valence-electron chi connectivity index (χ1n) is 12.8. The number of alkyl halides is 3. The van der Waals surface area contributed by atoms with Gasteiger partial charge in [0.1, 0.15) is 0 Å². The second-order valence-corrected chi connectivity index (χ2v) is 10.3. The summed E-state index contributed by atoms with van der Waals surface area (Å²) in [5.41, 5.74) is 4.63. The van der Waals surface area contributed by atoms with Crippen LogP contribution < -0.4 is 5.73 Å². The molecule has 204 valence electrons. The van der Waals surface area contributed by atoms with Crippen molar-refractivity contribution in [1.29, 1.82) is 0 Å². The Morgan fingerprint density at radius 2 is 1.92 bits per heavy atom. The lowest BCUT2D eigenvalue weighted by Crippen LogP contribution is -2.47. The van der Waals surface area contributed by atoms with Gasteiger partial charge >= 0.3 is 6.18 Å². The van der Waals surface area contributed by atoms with Crippen LogP contribution in [0.1, 0.15) is 60.7 Å². The van der Waals surface area contributed by atoms with Gasteiger partial charge in [0.2, 0.25) is 0 Å². The molecular formula is C28H33F3N4O3. The molecule has 0 aromatic heterocycles. The van der Waals surface area contributed by atoms with Crippen LogP contribution in [0.5, 0.6) is 0 Å². The van der Waals surface area contributed by atoms with Crippen LogP contribution in [0.15, 0.2) is 53.5 Å². The van der Waals surface area contributed by atoms with Gasteiger partial charge in [-0.3, -0.25) is 14.5 Å². The molecule has 2 amide bonds. The maximum absolute atomic E-state index is 13.9. The molecule has 38 heavy (non-hydrogen) atoms. The maximum atomic E-state index is 13.9. The van der Waals surface area contributed by atoms with Crippen molar-refractivity contribution in [2.45, 2.75) is 57.9 Å². The summed E-state index contributed by atoms with van der Waals surface area (Å²) in [6.07, 6.45) is -3.55. The van der Waals surface area contributed by atoms with Crippen molar-refractivity contribution in [2.75, 3.05) is 19.8 Å². The predicted octanol–water partition coefficient (Wildman–Crippen LogP) is 4.55. The highest BCUT2D eigenvalue weighted by molar-refractivity contribution is 6.07. The Hall–Kier alpha value is -3.40. The van der Waals surface area contributed by atoms with Crippen LogP contribution in [-0.2, 0) is 27.8 Å². The molecule has 4 rings (SSSR count). The molecule has 1 saturated heterocycles. The molecule has 0 bridgehead atoms. The molecule has 2 aliphatic heterocycles. The second-order valence-electron chi connectivity index (χ2n) is 10.3. The van der Waals surface area contributed by atoms with Crippen molar-refractivity contribution >= 4 is 17.8 Å². The number of hydrogen-bond acceptors (Lipinski definition) is 5. The number of halogens is 3. The smallest absolute Gasteiger partial charge is 0.377 e. The zero-order valence-electron chi connectivity index (χ0n) is 21.8. The molecule has 0 radical (unpaired) electrons. The first kappa shape index (κ1) is 27.6. The molecule has 1 fully saturated rings. The number of carbonyl (C=O) groups is 2. The van der Waals surface area contributed by atoms with Gasteiger partial charge in [0.05, 0.1) is 36.9 Å². The first-order valence-corrected chi connectivity index (χ1v) is 12.8. The zero-order valence-corrected chi connectivity index (χ0v) is 21.8. The van der Waals surface area contributed by atoms with Crippen molar-refractivity contribution in [3.05, 3.63) is 70.8 Å². The molecule has 2 atom stereocenters. The molecule has 0 spiro atoms. The zero-order chi connectivity index (χ0) is 27.7. The highest BCUT2D eigenvalue weighted by Crippen LogP contribution is 2.39. The number of ether oxygens (including phenoxy) is 1. The molecule has 10 heteroatoms. The Labute approximate surface area is 220 Å². The van der Waals surface area contributed by atoms with Gasteiger partial charge in [0.15, 0.2) is 11.5 Å². The first-order chi connectivity index (χ1) is 17.9. The summed E-state index contributed by atoms with van der Waals surface area (Å²) in [6.45, 7) is 6.43. The Bertz CT molecular complexity index is 1220. The quantitative estimate of drug-likeness (QED) is 0.569. The van der Waals surface area contributed by atoms with Gasteiger partial charge in [0, 0.05) is 6.54 Å². The van der Waals surface area contributed by atoms with Crippen molar-refractivity contribution in [3.63, 3.8) is 0 Å². The highest BCUT2D eigenvalue weighted by Gasteiger charge is 2.49. The number of nitrogens with zero attached hydrogens (tertiary/aromatic N) is 3. The number of rotatable bonds is 7. The van der Waals surface area contributed by atoms with Crippen LogP contribution in [-0.4, -0.2) is 53.4 Å². The lowest BCUT2D eigenvalue weighted by Gasteiger charge is -2.34. The van der Waals surface area contributed by atoms with Crippen molar-refractivity contribution < 1.29 is 27.5 Å². The van der Waals surface area contributed by atoms with E-state index in [4.69, 9.17) is 10.5 Å². The van der Waals surface area contributed by atoms with Crippen molar-refractivity contribution in [2.24, 2.45) is 16.6 Å². The van der Waals surface area contributed by atoms with Crippen molar-refractivity contribution in [3.8, 4) is 0 Å². The molecule has 0 saturated carbocycles. The number of benzene rings is 2. The average molecular weight is 531 g/mol. The monoisotopic (exact) mass is 530 g/mol. The lowest BCUT2D eigenvalue weighted by atomic mass is 9.83.